The normalized spacial score (nSPS) is 28.1. The molecule has 1 aliphatic rings. The van der Waals surface area contributed by atoms with Crippen LogP contribution in [0.2, 0.25) is 0 Å². The highest BCUT2D eigenvalue weighted by atomic mass is 35.5. The van der Waals surface area contributed by atoms with E-state index < -0.39 is 0 Å². The lowest BCUT2D eigenvalue weighted by atomic mass is 9.68. The van der Waals surface area contributed by atoms with Crippen LogP contribution in [-0.2, 0) is 6.42 Å². The maximum absolute atomic E-state index is 6.59. The minimum Gasteiger partial charge on any atom is -0.297 e. The van der Waals surface area contributed by atoms with Crippen molar-refractivity contribution >= 4 is 27.9 Å². The smallest absolute Gasteiger partial charge is 0.193 e. The van der Waals surface area contributed by atoms with Crippen molar-refractivity contribution in [1.82, 2.24) is 9.38 Å². The lowest BCUT2D eigenvalue weighted by Crippen LogP contribution is -2.33. The molecule has 0 spiro atoms. The topological polar surface area (TPSA) is 17.3 Å². The Bertz CT molecular complexity index is 552. The Kier molecular flexibility index (Phi) is 3.85. The van der Waals surface area contributed by atoms with Crippen molar-refractivity contribution in [3.8, 4) is 0 Å². The Morgan fingerprint density at radius 2 is 2.20 bits per heavy atom. The summed E-state index contributed by atoms with van der Waals surface area (Å²) in [6.45, 7) is 7.07. The zero-order chi connectivity index (χ0) is 14.3. The zero-order valence-corrected chi connectivity index (χ0v) is 14.0. The van der Waals surface area contributed by atoms with Crippen LogP contribution in [0.5, 0.6) is 0 Å². The molecule has 2 heterocycles. The molecule has 0 aromatic carbocycles. The molecule has 1 fully saturated rings. The van der Waals surface area contributed by atoms with Crippen molar-refractivity contribution in [2.24, 2.45) is 17.3 Å². The van der Waals surface area contributed by atoms with Gasteiger partial charge in [-0.05, 0) is 42.9 Å². The summed E-state index contributed by atoms with van der Waals surface area (Å²) in [6, 6.07) is 0. The highest BCUT2D eigenvalue weighted by molar-refractivity contribution is 7.15. The molecule has 3 atom stereocenters. The van der Waals surface area contributed by atoms with Crippen molar-refractivity contribution in [1.29, 1.82) is 0 Å². The molecule has 110 valence electrons. The van der Waals surface area contributed by atoms with E-state index in [1.807, 2.05) is 0 Å². The Balaban J connectivity index is 1.73. The predicted octanol–water partition coefficient (Wildman–Crippen LogP) is 5.01. The van der Waals surface area contributed by atoms with E-state index in [4.69, 9.17) is 16.6 Å². The highest BCUT2D eigenvalue weighted by Gasteiger charge is 2.35. The molecule has 4 heteroatoms. The Hall–Kier alpha value is -0.540. The quantitative estimate of drug-likeness (QED) is 0.713. The SMILES string of the molecule is CC(C)(C)C1CCC(Cl)C(Cc2cn3ccsc3n2)C1. The van der Waals surface area contributed by atoms with E-state index in [-0.39, 0.29) is 0 Å². The van der Waals surface area contributed by atoms with Crippen LogP contribution in [0.3, 0.4) is 0 Å². The molecule has 1 saturated carbocycles. The largest absolute Gasteiger partial charge is 0.297 e. The molecule has 2 aromatic heterocycles. The molecule has 0 radical (unpaired) electrons. The van der Waals surface area contributed by atoms with Gasteiger partial charge in [0.2, 0.25) is 0 Å². The Morgan fingerprint density at radius 3 is 2.90 bits per heavy atom. The number of hydrogen-bond acceptors (Lipinski definition) is 2. The van der Waals surface area contributed by atoms with Gasteiger partial charge in [0.15, 0.2) is 4.96 Å². The molecule has 3 unspecified atom stereocenters. The number of hydrogen-bond donors (Lipinski definition) is 0. The van der Waals surface area contributed by atoms with Gasteiger partial charge < -0.3 is 0 Å². The molecule has 1 aliphatic carbocycles. The number of thiazole rings is 1. The molecule has 2 nitrogen and oxygen atoms in total. The molecule has 20 heavy (non-hydrogen) atoms. The molecule has 3 rings (SSSR count). The first-order valence-corrected chi connectivity index (χ1v) is 8.80. The summed E-state index contributed by atoms with van der Waals surface area (Å²) in [5.74, 6) is 1.35. The molecule has 0 N–H and O–H groups in total. The van der Waals surface area contributed by atoms with E-state index in [2.05, 4.69) is 42.9 Å². The van der Waals surface area contributed by atoms with Crippen LogP contribution in [0, 0.1) is 17.3 Å². The first-order chi connectivity index (χ1) is 9.43. The van der Waals surface area contributed by atoms with Gasteiger partial charge in [0.25, 0.3) is 0 Å². The van der Waals surface area contributed by atoms with Gasteiger partial charge in [-0.15, -0.1) is 22.9 Å². The van der Waals surface area contributed by atoms with Crippen LogP contribution in [0.1, 0.15) is 45.7 Å². The van der Waals surface area contributed by atoms with Gasteiger partial charge in [0.05, 0.1) is 5.69 Å². The third kappa shape index (κ3) is 2.89. The Labute approximate surface area is 130 Å². The summed E-state index contributed by atoms with van der Waals surface area (Å²) in [7, 11) is 0. The first kappa shape index (κ1) is 14.4. The molecular weight excluding hydrogens is 288 g/mol. The lowest BCUT2D eigenvalue weighted by molar-refractivity contribution is 0.143. The fourth-order valence-corrected chi connectivity index (χ4v) is 4.40. The molecule has 0 aliphatic heterocycles. The average Bonchev–Trinajstić information content (AvgIpc) is 2.91. The summed E-state index contributed by atoms with van der Waals surface area (Å²) >= 11 is 8.28. The molecule has 0 amide bonds. The van der Waals surface area contributed by atoms with Gasteiger partial charge in [-0.3, -0.25) is 4.40 Å². The summed E-state index contributed by atoms with van der Waals surface area (Å²) in [5.41, 5.74) is 1.59. The average molecular weight is 311 g/mol. The minimum atomic E-state index is 0.313. The van der Waals surface area contributed by atoms with Crippen LogP contribution in [0.15, 0.2) is 17.8 Å². The summed E-state index contributed by atoms with van der Waals surface area (Å²) in [5, 5.41) is 2.39. The van der Waals surface area contributed by atoms with E-state index in [0.717, 1.165) is 23.7 Å². The number of alkyl halides is 1. The Morgan fingerprint density at radius 1 is 1.40 bits per heavy atom. The van der Waals surface area contributed by atoms with Crippen LogP contribution < -0.4 is 0 Å². The summed E-state index contributed by atoms with van der Waals surface area (Å²) < 4.78 is 2.12. The monoisotopic (exact) mass is 310 g/mol. The summed E-state index contributed by atoms with van der Waals surface area (Å²) in [6.07, 6.45) is 8.92. The fourth-order valence-electron chi connectivity index (χ4n) is 3.37. The third-order valence-electron chi connectivity index (χ3n) is 4.73. The van der Waals surface area contributed by atoms with Crippen LogP contribution in [0.4, 0.5) is 0 Å². The van der Waals surface area contributed by atoms with E-state index >= 15 is 0 Å². The van der Waals surface area contributed by atoms with Gasteiger partial charge in [0, 0.05) is 23.2 Å². The maximum Gasteiger partial charge on any atom is 0.193 e. The minimum absolute atomic E-state index is 0.313. The lowest BCUT2D eigenvalue weighted by Gasteiger charge is -2.39. The van der Waals surface area contributed by atoms with Crippen LogP contribution >= 0.6 is 22.9 Å². The number of aromatic nitrogens is 2. The second-order valence-electron chi connectivity index (χ2n) is 7.18. The number of halogens is 1. The second kappa shape index (κ2) is 5.34. The predicted molar refractivity (Wildman–Crippen MR) is 86.7 cm³/mol. The van der Waals surface area contributed by atoms with E-state index in [1.165, 1.54) is 18.5 Å². The summed E-state index contributed by atoms with van der Waals surface area (Å²) in [4.78, 5) is 5.80. The van der Waals surface area contributed by atoms with Crippen molar-refractivity contribution in [2.75, 3.05) is 0 Å². The van der Waals surface area contributed by atoms with E-state index in [9.17, 15) is 0 Å². The van der Waals surface area contributed by atoms with Crippen LogP contribution in [0.25, 0.3) is 4.96 Å². The molecule has 2 aromatic rings. The van der Waals surface area contributed by atoms with Gasteiger partial charge in [-0.2, -0.15) is 0 Å². The van der Waals surface area contributed by atoms with Gasteiger partial charge >= 0.3 is 0 Å². The van der Waals surface area contributed by atoms with Gasteiger partial charge in [0.1, 0.15) is 0 Å². The fraction of sp³-hybridized carbons (Fsp3) is 0.688. The number of rotatable bonds is 2. The third-order valence-corrected chi connectivity index (χ3v) is 6.07. The van der Waals surface area contributed by atoms with Crippen molar-refractivity contribution in [3.63, 3.8) is 0 Å². The van der Waals surface area contributed by atoms with E-state index in [0.29, 0.717) is 16.7 Å². The van der Waals surface area contributed by atoms with Crippen LogP contribution in [-0.4, -0.2) is 14.8 Å². The van der Waals surface area contributed by atoms with Gasteiger partial charge in [-0.1, -0.05) is 20.8 Å². The second-order valence-corrected chi connectivity index (χ2v) is 8.61. The number of nitrogens with zero attached hydrogens (tertiary/aromatic N) is 2. The van der Waals surface area contributed by atoms with E-state index in [1.54, 1.807) is 11.3 Å². The van der Waals surface area contributed by atoms with Crippen molar-refractivity contribution < 1.29 is 0 Å². The number of fused-ring (bicyclic) bond motifs is 1. The number of imidazole rings is 1. The highest BCUT2D eigenvalue weighted by Crippen LogP contribution is 2.43. The van der Waals surface area contributed by atoms with Crippen molar-refractivity contribution in [2.45, 2.75) is 51.8 Å². The van der Waals surface area contributed by atoms with Crippen molar-refractivity contribution in [3.05, 3.63) is 23.5 Å². The first-order valence-electron chi connectivity index (χ1n) is 7.48. The van der Waals surface area contributed by atoms with Gasteiger partial charge in [-0.25, -0.2) is 4.98 Å². The standard InChI is InChI=1S/C16H23ClN2S/c1-16(2,3)12-4-5-14(17)11(8-12)9-13-10-19-6-7-20-15(19)18-13/h6-7,10-12,14H,4-5,8-9H2,1-3H3. The molecule has 0 saturated heterocycles. The zero-order valence-electron chi connectivity index (χ0n) is 12.5. The molecular formula is C16H23ClN2S. The maximum atomic E-state index is 6.59. The molecule has 0 bridgehead atoms.